The Labute approximate surface area is 184 Å². The monoisotopic (exact) mass is 427 g/mol. The maximum absolute atomic E-state index is 12.8. The average molecular weight is 428 g/mol. The number of amides is 3. The van der Waals surface area contributed by atoms with Crippen LogP contribution < -0.4 is 25.6 Å². The first-order valence-electron chi connectivity index (χ1n) is 10.4. The number of nitrogens with one attached hydrogen (secondary N) is 3. The zero-order chi connectivity index (χ0) is 22.8. The van der Waals surface area contributed by atoms with Gasteiger partial charge in [0.25, 0.3) is 5.91 Å². The maximum Gasteiger partial charge on any atom is 0.323 e. The molecule has 0 fully saturated rings. The molecule has 0 heterocycles. The van der Waals surface area contributed by atoms with Gasteiger partial charge in [0.1, 0.15) is 5.75 Å². The summed E-state index contributed by atoms with van der Waals surface area (Å²) in [4.78, 5) is 29.4. The van der Waals surface area contributed by atoms with Gasteiger partial charge in [0.15, 0.2) is 0 Å². The van der Waals surface area contributed by atoms with Crippen molar-refractivity contribution in [3.8, 4) is 5.75 Å². The van der Waals surface area contributed by atoms with E-state index in [0.29, 0.717) is 29.2 Å². The first kappa shape index (κ1) is 24.0. The third-order valence-electron chi connectivity index (χ3n) is 4.92. The van der Waals surface area contributed by atoms with Crippen molar-refractivity contribution in [2.45, 2.75) is 13.8 Å². The molecule has 0 aromatic heterocycles. The van der Waals surface area contributed by atoms with Gasteiger partial charge in [-0.3, -0.25) is 4.79 Å². The van der Waals surface area contributed by atoms with E-state index in [2.05, 4.69) is 34.7 Å². The number of urea groups is 1. The van der Waals surface area contributed by atoms with Gasteiger partial charge in [0.05, 0.1) is 12.7 Å². The summed E-state index contributed by atoms with van der Waals surface area (Å²) in [7, 11) is 5.33. The van der Waals surface area contributed by atoms with Crippen molar-refractivity contribution in [2.24, 2.45) is 0 Å². The van der Waals surface area contributed by atoms with E-state index in [0.717, 1.165) is 25.3 Å². The van der Waals surface area contributed by atoms with Crippen molar-refractivity contribution in [3.05, 3.63) is 48.0 Å². The predicted octanol–water partition coefficient (Wildman–Crippen LogP) is 3.48. The Kier molecular flexibility index (Phi) is 9.14. The summed E-state index contributed by atoms with van der Waals surface area (Å²) in [5.41, 5.74) is 2.42. The highest BCUT2D eigenvalue weighted by Crippen LogP contribution is 2.23. The Bertz CT molecular complexity index is 881. The van der Waals surface area contributed by atoms with Crippen LogP contribution in [0.15, 0.2) is 42.5 Å². The third kappa shape index (κ3) is 7.18. The maximum atomic E-state index is 12.8. The Morgan fingerprint density at radius 3 is 2.26 bits per heavy atom. The van der Waals surface area contributed by atoms with E-state index in [1.165, 1.54) is 0 Å². The third-order valence-corrected chi connectivity index (χ3v) is 4.92. The molecule has 0 saturated carbocycles. The summed E-state index contributed by atoms with van der Waals surface area (Å²) in [6, 6.07) is 12.0. The summed E-state index contributed by atoms with van der Waals surface area (Å²) in [6.07, 6.45) is 0. The summed E-state index contributed by atoms with van der Waals surface area (Å²) in [6.45, 7) is 7.43. The Morgan fingerprint density at radius 1 is 0.968 bits per heavy atom. The molecule has 0 unspecified atom stereocenters. The van der Waals surface area contributed by atoms with Crippen molar-refractivity contribution >= 4 is 29.0 Å². The number of benzene rings is 2. The van der Waals surface area contributed by atoms with Gasteiger partial charge >= 0.3 is 6.03 Å². The van der Waals surface area contributed by atoms with E-state index >= 15 is 0 Å². The minimum absolute atomic E-state index is 0.173. The lowest BCUT2D eigenvalue weighted by molar-refractivity contribution is 0.0949. The smallest absolute Gasteiger partial charge is 0.323 e. The van der Waals surface area contributed by atoms with E-state index in [1.54, 1.807) is 43.5 Å². The van der Waals surface area contributed by atoms with Crippen molar-refractivity contribution in [1.29, 1.82) is 0 Å². The number of methoxy groups -OCH3 is 1. The standard InChI is InChI=1S/C23H33N5O3/c1-6-28(7-2)14-13-24-22(29)20-16-18(11-12-21(20)27(3)4)26-23(30)25-17-9-8-10-19(15-17)31-5/h8-12,15-16H,6-7,13-14H2,1-5H3,(H,24,29)(H2,25,26,30). The topological polar surface area (TPSA) is 85.9 Å². The van der Waals surface area contributed by atoms with Gasteiger partial charge in [0.2, 0.25) is 0 Å². The van der Waals surface area contributed by atoms with Crippen molar-refractivity contribution in [2.75, 3.05) is 62.9 Å². The van der Waals surface area contributed by atoms with Crippen molar-refractivity contribution in [1.82, 2.24) is 10.2 Å². The number of likely N-dealkylation sites (N-methyl/N-ethyl adjacent to an activating group) is 1. The van der Waals surface area contributed by atoms with Crippen LogP contribution in [0.25, 0.3) is 0 Å². The second-order valence-corrected chi connectivity index (χ2v) is 7.22. The van der Waals surface area contributed by atoms with Crippen molar-refractivity contribution < 1.29 is 14.3 Å². The zero-order valence-corrected chi connectivity index (χ0v) is 19.0. The molecule has 0 spiro atoms. The average Bonchev–Trinajstić information content (AvgIpc) is 2.76. The molecule has 168 valence electrons. The highest BCUT2D eigenvalue weighted by Gasteiger charge is 2.15. The van der Waals surface area contributed by atoms with Crippen molar-refractivity contribution in [3.63, 3.8) is 0 Å². The predicted molar refractivity (Wildman–Crippen MR) is 127 cm³/mol. The summed E-state index contributed by atoms with van der Waals surface area (Å²) in [5.74, 6) is 0.476. The molecular weight excluding hydrogens is 394 g/mol. The summed E-state index contributed by atoms with van der Waals surface area (Å²) in [5, 5.41) is 8.53. The van der Waals surface area contributed by atoms with Gasteiger partial charge < -0.3 is 30.5 Å². The number of rotatable bonds is 10. The fourth-order valence-corrected chi connectivity index (χ4v) is 3.14. The minimum Gasteiger partial charge on any atom is -0.497 e. The molecule has 3 amide bonds. The van der Waals surface area contributed by atoms with E-state index < -0.39 is 6.03 Å². The van der Waals surface area contributed by atoms with Crippen LogP contribution >= 0.6 is 0 Å². The fraction of sp³-hybridized carbons (Fsp3) is 0.391. The van der Waals surface area contributed by atoms with Crippen LogP contribution in [0.4, 0.5) is 21.9 Å². The number of carbonyl (C=O) groups excluding carboxylic acids is 2. The molecule has 3 N–H and O–H groups in total. The number of nitrogens with zero attached hydrogens (tertiary/aromatic N) is 2. The lowest BCUT2D eigenvalue weighted by Crippen LogP contribution is -2.35. The molecule has 2 aromatic carbocycles. The number of hydrogen-bond acceptors (Lipinski definition) is 5. The molecule has 0 aliphatic heterocycles. The minimum atomic E-state index is -0.404. The molecule has 0 saturated heterocycles. The first-order chi connectivity index (χ1) is 14.9. The first-order valence-corrected chi connectivity index (χ1v) is 10.4. The van der Waals surface area contributed by atoms with Gasteiger partial charge in [-0.25, -0.2) is 4.79 Å². The van der Waals surface area contributed by atoms with E-state index in [-0.39, 0.29) is 5.91 Å². The molecule has 0 atom stereocenters. The molecule has 8 heteroatoms. The Morgan fingerprint density at radius 2 is 1.65 bits per heavy atom. The molecule has 2 aromatic rings. The second-order valence-electron chi connectivity index (χ2n) is 7.22. The molecule has 0 radical (unpaired) electrons. The highest BCUT2D eigenvalue weighted by atomic mass is 16.5. The van der Waals surface area contributed by atoms with Crippen LogP contribution in [-0.4, -0.2) is 64.2 Å². The van der Waals surface area contributed by atoms with Gasteiger partial charge in [-0.15, -0.1) is 0 Å². The van der Waals surface area contributed by atoms with Crippen LogP contribution in [0.1, 0.15) is 24.2 Å². The normalized spacial score (nSPS) is 10.5. The lowest BCUT2D eigenvalue weighted by atomic mass is 10.1. The number of anilines is 3. The zero-order valence-electron chi connectivity index (χ0n) is 19.0. The summed E-state index contributed by atoms with van der Waals surface area (Å²) < 4.78 is 5.17. The number of hydrogen-bond donors (Lipinski definition) is 3. The molecule has 31 heavy (non-hydrogen) atoms. The number of ether oxygens (including phenoxy) is 1. The van der Waals surface area contributed by atoms with E-state index in [9.17, 15) is 9.59 Å². The Balaban J connectivity index is 2.09. The quantitative estimate of drug-likeness (QED) is 0.541. The molecule has 2 rings (SSSR count). The van der Waals surface area contributed by atoms with E-state index in [4.69, 9.17) is 4.74 Å². The van der Waals surface area contributed by atoms with Gasteiger partial charge in [-0.05, 0) is 43.4 Å². The van der Waals surface area contributed by atoms with Crippen LogP contribution in [-0.2, 0) is 0 Å². The fourth-order valence-electron chi connectivity index (χ4n) is 3.14. The Hall–Kier alpha value is -3.26. The number of carbonyl (C=O) groups is 2. The van der Waals surface area contributed by atoms with Crippen LogP contribution in [0.5, 0.6) is 5.75 Å². The van der Waals surface area contributed by atoms with Gasteiger partial charge in [-0.1, -0.05) is 19.9 Å². The van der Waals surface area contributed by atoms with E-state index in [1.807, 2.05) is 25.1 Å². The molecule has 0 aliphatic carbocycles. The van der Waals surface area contributed by atoms with Gasteiger partial charge in [-0.2, -0.15) is 0 Å². The largest absolute Gasteiger partial charge is 0.497 e. The van der Waals surface area contributed by atoms with Crippen LogP contribution in [0.3, 0.4) is 0 Å². The lowest BCUT2D eigenvalue weighted by Gasteiger charge is -2.20. The highest BCUT2D eigenvalue weighted by molar-refractivity contribution is 6.04. The SMILES string of the molecule is CCN(CC)CCNC(=O)c1cc(NC(=O)Nc2cccc(OC)c2)ccc1N(C)C. The summed E-state index contributed by atoms with van der Waals surface area (Å²) >= 11 is 0. The molecule has 0 bridgehead atoms. The molecule has 8 nitrogen and oxygen atoms in total. The molecule has 0 aliphatic rings. The van der Waals surface area contributed by atoms with Crippen LogP contribution in [0, 0.1) is 0 Å². The second kappa shape index (κ2) is 11.8. The molecular formula is C23H33N5O3. The van der Waals surface area contributed by atoms with Gasteiger partial charge in [0, 0.05) is 50.3 Å². The van der Waals surface area contributed by atoms with Crippen LogP contribution in [0.2, 0.25) is 0 Å².